The topological polar surface area (TPSA) is 195 Å². The van der Waals surface area contributed by atoms with Crippen molar-refractivity contribution in [3.05, 3.63) is 47.6 Å². The monoisotopic (exact) mass is 914 g/mol. The van der Waals surface area contributed by atoms with Crippen LogP contribution in [0.5, 0.6) is 0 Å². The molecule has 366 valence electrons. The number of fused-ring (bicyclic) bond motifs is 3. The third-order valence-corrected chi connectivity index (χ3v) is 14.5. The van der Waals surface area contributed by atoms with E-state index in [1.807, 2.05) is 58.1 Å². The standard InChI is InChI=1S/C51H79NO13/c1-30-16-12-11-13-17-31(2)42(61-8)28-38-21-19-36(7)51(60,65-38)48(57)49(58)52-23-15-14-18-39(52)50(59)64-43(33(4)26-37-20-22-40(53)44(27-37)62-9)29-41(54)32(3)25-35(6)46(56)47(63-10)45(55)34(5)24-30/h11-13,16-17,25,30,32-34,36-40,42-44,46-47,53,56,60H,14-15,18-24,26-29H2,1-10H3/b13-11+,16-12+,31-17+,35-25+/t30-,32-,33-,34-,36-,37?,38+,39+,40-,42+,43+,44-,46-,47-,51-/m1/s1. The summed E-state index contributed by atoms with van der Waals surface area (Å²) in [6.45, 7) is 12.7. The van der Waals surface area contributed by atoms with Gasteiger partial charge in [-0.15, -0.1) is 0 Å². The molecule has 1 amide bonds. The van der Waals surface area contributed by atoms with E-state index in [0.717, 1.165) is 12.0 Å². The number of methoxy groups -OCH3 is 3. The Bertz CT molecular complexity index is 1760. The van der Waals surface area contributed by atoms with Gasteiger partial charge in [-0.05, 0) is 107 Å². The highest BCUT2D eigenvalue weighted by atomic mass is 16.6. The molecular formula is C51H79NO13. The first-order valence-corrected chi connectivity index (χ1v) is 23.9. The van der Waals surface area contributed by atoms with E-state index in [4.69, 9.17) is 23.7 Å². The van der Waals surface area contributed by atoms with Gasteiger partial charge in [0.2, 0.25) is 5.79 Å². The minimum absolute atomic E-state index is 0.0193. The van der Waals surface area contributed by atoms with Gasteiger partial charge in [0.05, 0.1) is 24.4 Å². The molecule has 1 aliphatic carbocycles. The lowest BCUT2D eigenvalue weighted by molar-refractivity contribution is -0.265. The van der Waals surface area contributed by atoms with Crippen molar-refractivity contribution in [1.82, 2.24) is 4.90 Å². The quantitative estimate of drug-likeness (QED) is 0.156. The van der Waals surface area contributed by atoms with Crippen molar-refractivity contribution in [3.8, 4) is 0 Å². The van der Waals surface area contributed by atoms with Gasteiger partial charge in [-0.2, -0.15) is 0 Å². The molecule has 1 unspecified atom stereocenters. The predicted molar refractivity (Wildman–Crippen MR) is 245 cm³/mol. The van der Waals surface area contributed by atoms with Crippen molar-refractivity contribution in [2.75, 3.05) is 27.9 Å². The molecule has 0 aromatic carbocycles. The molecule has 0 radical (unpaired) electrons. The number of hydrogen-bond donors (Lipinski definition) is 3. The molecule has 3 fully saturated rings. The predicted octanol–water partition coefficient (Wildman–Crippen LogP) is 6.18. The molecule has 3 N–H and O–H groups in total. The first-order chi connectivity index (χ1) is 30.7. The lowest BCUT2D eigenvalue weighted by atomic mass is 9.78. The largest absolute Gasteiger partial charge is 0.460 e. The van der Waals surface area contributed by atoms with E-state index < -0.39 is 83.9 Å². The number of esters is 1. The number of nitrogens with zero attached hydrogens (tertiary/aromatic N) is 1. The van der Waals surface area contributed by atoms with Crippen LogP contribution >= 0.6 is 0 Å². The Balaban J connectivity index is 1.70. The number of aliphatic hydroxyl groups excluding tert-OH is 2. The molecular weight excluding hydrogens is 835 g/mol. The first kappa shape index (κ1) is 54.2. The van der Waals surface area contributed by atoms with Gasteiger partial charge in [0.1, 0.15) is 30.1 Å². The lowest BCUT2D eigenvalue weighted by Gasteiger charge is -2.42. The molecule has 4 aliphatic rings. The van der Waals surface area contributed by atoms with E-state index in [2.05, 4.69) is 0 Å². The molecule has 14 heteroatoms. The van der Waals surface area contributed by atoms with Crippen LogP contribution in [0.3, 0.4) is 0 Å². The summed E-state index contributed by atoms with van der Waals surface area (Å²) in [5, 5.41) is 33.8. The van der Waals surface area contributed by atoms with Crippen LogP contribution in [-0.4, -0.2) is 132 Å². The zero-order chi connectivity index (χ0) is 48.2. The summed E-state index contributed by atoms with van der Waals surface area (Å²) in [5.74, 6) is -7.96. The number of hydrogen-bond acceptors (Lipinski definition) is 13. The number of piperidine rings is 1. The van der Waals surface area contributed by atoms with Crippen LogP contribution in [-0.2, 0) is 47.7 Å². The van der Waals surface area contributed by atoms with Crippen LogP contribution in [0.15, 0.2) is 47.6 Å². The van der Waals surface area contributed by atoms with Gasteiger partial charge in [0.15, 0.2) is 5.78 Å². The third kappa shape index (κ3) is 14.3. The van der Waals surface area contributed by atoms with Crippen molar-refractivity contribution in [2.24, 2.45) is 35.5 Å². The molecule has 2 saturated heterocycles. The normalized spacial score (nSPS) is 40.4. The summed E-state index contributed by atoms with van der Waals surface area (Å²) in [5.41, 5.74) is 1.27. The average Bonchev–Trinajstić information content (AvgIpc) is 3.28. The van der Waals surface area contributed by atoms with Crippen molar-refractivity contribution >= 4 is 29.2 Å². The van der Waals surface area contributed by atoms with E-state index in [-0.39, 0.29) is 54.8 Å². The van der Waals surface area contributed by atoms with Gasteiger partial charge in [-0.3, -0.25) is 19.2 Å². The maximum Gasteiger partial charge on any atom is 0.329 e. The van der Waals surface area contributed by atoms with E-state index >= 15 is 0 Å². The van der Waals surface area contributed by atoms with E-state index in [1.54, 1.807) is 41.1 Å². The number of amides is 1. The lowest BCUT2D eigenvalue weighted by Crippen LogP contribution is -2.61. The molecule has 1 saturated carbocycles. The number of ketones is 3. The summed E-state index contributed by atoms with van der Waals surface area (Å²) in [6.07, 6.45) is 11.2. The zero-order valence-corrected chi connectivity index (χ0v) is 40.6. The van der Waals surface area contributed by atoms with Crippen molar-refractivity contribution in [3.63, 3.8) is 0 Å². The molecule has 0 aromatic rings. The van der Waals surface area contributed by atoms with Crippen LogP contribution in [0.1, 0.15) is 126 Å². The smallest absolute Gasteiger partial charge is 0.329 e. The minimum Gasteiger partial charge on any atom is -0.460 e. The molecule has 4 rings (SSSR count). The minimum atomic E-state index is -2.43. The van der Waals surface area contributed by atoms with Gasteiger partial charge in [-0.1, -0.05) is 71.1 Å². The van der Waals surface area contributed by atoms with Crippen LogP contribution in [0.25, 0.3) is 0 Å². The second-order valence-corrected chi connectivity index (χ2v) is 19.6. The number of ether oxygens (including phenoxy) is 5. The molecule has 2 bridgehead atoms. The Morgan fingerprint density at radius 1 is 0.846 bits per heavy atom. The number of cyclic esters (lactones) is 1. The zero-order valence-electron chi connectivity index (χ0n) is 40.6. The maximum atomic E-state index is 14.4. The van der Waals surface area contributed by atoms with Crippen molar-refractivity contribution < 1.29 is 63.0 Å². The summed E-state index contributed by atoms with van der Waals surface area (Å²) < 4.78 is 29.4. The Morgan fingerprint density at radius 2 is 1.57 bits per heavy atom. The Morgan fingerprint density at radius 3 is 2.25 bits per heavy atom. The Kier molecular flexibility index (Phi) is 21.0. The summed E-state index contributed by atoms with van der Waals surface area (Å²) >= 11 is 0. The number of rotatable bonds is 6. The van der Waals surface area contributed by atoms with Crippen molar-refractivity contribution in [2.45, 2.75) is 180 Å². The molecule has 0 aromatic heterocycles. The van der Waals surface area contributed by atoms with Crippen LogP contribution in [0, 0.1) is 35.5 Å². The van der Waals surface area contributed by atoms with Crippen molar-refractivity contribution in [1.29, 1.82) is 0 Å². The molecule has 3 heterocycles. The number of allylic oxidation sites excluding steroid dienone is 6. The summed E-state index contributed by atoms with van der Waals surface area (Å²) in [4.78, 5) is 71.8. The second-order valence-electron chi connectivity index (χ2n) is 19.6. The van der Waals surface area contributed by atoms with Gasteiger partial charge in [-0.25, -0.2) is 4.79 Å². The molecule has 3 aliphatic heterocycles. The van der Waals surface area contributed by atoms with Gasteiger partial charge in [0, 0.05) is 58.5 Å². The number of carbonyl (C=O) groups is 5. The molecule has 65 heavy (non-hydrogen) atoms. The highest BCUT2D eigenvalue weighted by Crippen LogP contribution is 2.38. The second kappa shape index (κ2) is 25.1. The first-order valence-electron chi connectivity index (χ1n) is 23.9. The Hall–Kier alpha value is -3.37. The number of carbonyl (C=O) groups excluding carboxylic acids is 5. The van der Waals surface area contributed by atoms with Crippen LogP contribution in [0.4, 0.5) is 0 Å². The average molecular weight is 914 g/mol. The Labute approximate surface area is 387 Å². The van der Waals surface area contributed by atoms with Gasteiger partial charge >= 0.3 is 5.97 Å². The van der Waals surface area contributed by atoms with E-state index in [1.165, 1.54) is 12.0 Å². The van der Waals surface area contributed by atoms with Crippen LogP contribution in [0.2, 0.25) is 0 Å². The molecule has 0 spiro atoms. The highest BCUT2D eigenvalue weighted by Gasteiger charge is 2.53. The molecule has 14 nitrogen and oxygen atoms in total. The van der Waals surface area contributed by atoms with Gasteiger partial charge < -0.3 is 43.9 Å². The summed E-state index contributed by atoms with van der Waals surface area (Å²) in [6, 6.07) is -1.14. The van der Waals surface area contributed by atoms with E-state index in [9.17, 15) is 39.3 Å². The fourth-order valence-electron chi connectivity index (χ4n) is 10.1. The SMILES string of the molecule is CO[C@H]1C[C@@H]2CC[C@@H](C)[C@@](O)(O2)C(=O)C(=O)N2CCCC[C@H]2C(=O)O[C@H]([C@H](C)CC2CC[C@@H](O)[C@H](OC)C2)CC(=O)[C@H](C)/C=C(\C)[C@@H](O)[C@H](OC)C(=O)[C@H](C)C[C@H](C)/C=C/C=C/C=C/1C. The van der Waals surface area contributed by atoms with Gasteiger partial charge in [0.25, 0.3) is 11.7 Å². The highest BCUT2D eigenvalue weighted by molar-refractivity contribution is 6.39. The third-order valence-electron chi connectivity index (χ3n) is 14.5. The van der Waals surface area contributed by atoms with Crippen LogP contribution < -0.4 is 0 Å². The summed E-state index contributed by atoms with van der Waals surface area (Å²) in [7, 11) is 4.52. The fourth-order valence-corrected chi connectivity index (χ4v) is 10.1. The maximum absolute atomic E-state index is 14.4. The molecule has 15 atom stereocenters. The fraction of sp³-hybridized carbons (Fsp3) is 0.745. The number of Topliss-reactive ketones (excluding diaryl/α,β-unsaturated/α-hetero) is 3. The number of aliphatic hydroxyl groups is 3. The van der Waals surface area contributed by atoms with E-state index in [0.29, 0.717) is 63.4 Å².